The van der Waals surface area contributed by atoms with Gasteiger partial charge in [-0.1, -0.05) is 139 Å². The Balaban J connectivity index is 0.00000683. The summed E-state index contributed by atoms with van der Waals surface area (Å²) < 4.78 is 11.1. The van der Waals surface area contributed by atoms with E-state index >= 15 is 0 Å². The van der Waals surface area contributed by atoms with Gasteiger partial charge in [-0.05, 0) is 76.0 Å². The molecule has 0 N–H and O–H groups in total. The molecule has 0 spiro atoms. The Morgan fingerprint density at radius 1 is 0.767 bits per heavy atom. The fraction of sp³-hybridized carbons (Fsp3) is 0.580. The maximum Gasteiger partial charge on any atom is 2.00 e. The van der Waals surface area contributed by atoms with Crippen LogP contribution >= 0.6 is 0 Å². The zero-order valence-electron chi connectivity index (χ0n) is 38.2. The number of esters is 2. The second kappa shape index (κ2) is 20.4. The third-order valence-electron chi connectivity index (χ3n) is 13.4. The minimum absolute atomic E-state index is 0. The van der Waals surface area contributed by atoms with Crippen molar-refractivity contribution in [3.05, 3.63) is 83.6 Å². The molecule has 0 saturated carbocycles. The number of methoxy groups -OCH3 is 1. The monoisotopic (exact) mass is 826 g/mol. The van der Waals surface area contributed by atoms with E-state index in [0.29, 0.717) is 52.7 Å². The Bertz CT molecular complexity index is 2250. The molecule has 10 heteroatoms. The van der Waals surface area contributed by atoms with Crippen LogP contribution in [0.15, 0.2) is 11.4 Å². The van der Waals surface area contributed by atoms with Crippen LogP contribution in [0.1, 0.15) is 167 Å². The summed E-state index contributed by atoms with van der Waals surface area (Å²) in [5.41, 5.74) is 10.3. The molecule has 3 aromatic rings. The first-order chi connectivity index (χ1) is 28.2. The number of carbonyl (C=O) groups excluding carboxylic acids is 3. The first-order valence-electron chi connectivity index (χ1n) is 22.3. The van der Waals surface area contributed by atoms with Gasteiger partial charge in [-0.15, -0.1) is 33.5 Å². The molecule has 1 aliphatic carbocycles. The molecule has 1 saturated heterocycles. The molecule has 5 atom stereocenters. The van der Waals surface area contributed by atoms with Crippen LogP contribution in [0, 0.1) is 56.3 Å². The summed E-state index contributed by atoms with van der Waals surface area (Å²) in [6, 6.07) is 0. The number of ether oxygens (including phenoxy) is 2. The van der Waals surface area contributed by atoms with E-state index < -0.39 is 11.9 Å². The van der Waals surface area contributed by atoms with Crippen molar-refractivity contribution in [1.82, 2.24) is 15.0 Å². The van der Waals surface area contributed by atoms with Crippen LogP contribution in [-0.4, -0.2) is 54.5 Å². The number of Topliss-reactive ketones (excluding diaryl/α,β-unsaturated/α-hetero) is 1. The Morgan fingerprint density at radius 2 is 1.40 bits per heavy atom. The number of rotatable bonds is 17. The van der Waals surface area contributed by atoms with Crippen molar-refractivity contribution in [2.24, 2.45) is 35.5 Å². The van der Waals surface area contributed by atoms with E-state index in [0.717, 1.165) is 87.6 Å². The maximum absolute atomic E-state index is 14.3. The third-order valence-corrected chi connectivity index (χ3v) is 13.4. The van der Waals surface area contributed by atoms with Crippen molar-refractivity contribution < 1.29 is 23.9 Å². The van der Waals surface area contributed by atoms with Crippen LogP contribution in [0.3, 0.4) is 0 Å². The molecule has 60 heavy (non-hydrogen) atoms. The van der Waals surface area contributed by atoms with E-state index in [2.05, 4.69) is 68.4 Å². The quantitative estimate of drug-likeness (QED) is 0.0753. The van der Waals surface area contributed by atoms with Crippen LogP contribution in [0.25, 0.3) is 29.1 Å². The second-order valence-corrected chi connectivity index (χ2v) is 18.0. The molecule has 5 heterocycles. The van der Waals surface area contributed by atoms with E-state index in [1.807, 2.05) is 19.1 Å². The van der Waals surface area contributed by atoms with Gasteiger partial charge in [0.05, 0.1) is 13.7 Å². The van der Waals surface area contributed by atoms with Crippen molar-refractivity contribution in [3.63, 3.8) is 0 Å². The number of ketones is 1. The largest absolute Gasteiger partial charge is 2.00 e. The molecular weight excluding hydrogens is 761 g/mol. The molecule has 0 amide bonds. The van der Waals surface area contributed by atoms with Crippen molar-refractivity contribution in [3.8, 4) is 0 Å². The van der Waals surface area contributed by atoms with Crippen LogP contribution in [0.2, 0.25) is 0 Å². The Hall–Kier alpha value is -3.76. The molecule has 3 aromatic heterocycles. The molecular formula is C50H66MgN4O5-2. The smallest absolute Gasteiger partial charge is 0.664 e. The van der Waals surface area contributed by atoms with Crippen LogP contribution in [0.5, 0.6) is 0 Å². The van der Waals surface area contributed by atoms with Gasteiger partial charge in [0.1, 0.15) is 5.92 Å². The van der Waals surface area contributed by atoms with Crippen molar-refractivity contribution in [2.75, 3.05) is 13.7 Å². The van der Waals surface area contributed by atoms with E-state index in [-0.39, 0.29) is 53.1 Å². The standard InChI is InChI=1S/C50H67N4O5.Mg/c1-12-34-30(7)37-24-39-32(9)36(20-21-43(55)59-23-22-29(6)19-15-18-28(5)17-14-16-27(3)4)47(53-39)45-46(50(57)58-11)49(56)44-33(10)40(54-48(44)45)26-42-35(13-2)31(8)38(52-42)25-41(34)51-37;/h24-29,32,36,46H,12-23H2,1-11H3,(H-,53,54,56);/q-3;+2/p-1/b38-25-,39-24-,42-26-;/t28-,29+,32+,36+,46-;/m1./s1. The molecule has 2 aliphatic heterocycles. The van der Waals surface area contributed by atoms with Gasteiger partial charge >= 0.3 is 35.0 Å². The van der Waals surface area contributed by atoms with E-state index in [1.54, 1.807) is 0 Å². The van der Waals surface area contributed by atoms with Crippen LogP contribution in [-0.2, 0) is 31.9 Å². The first-order valence-corrected chi connectivity index (χ1v) is 22.3. The number of hydrogen-bond donors (Lipinski definition) is 0. The molecule has 6 rings (SSSR count). The molecule has 320 valence electrons. The normalized spacial score (nSPS) is 22.2. The Morgan fingerprint density at radius 3 is 2.05 bits per heavy atom. The van der Waals surface area contributed by atoms with Gasteiger partial charge in [0.25, 0.3) is 0 Å². The van der Waals surface area contributed by atoms with Gasteiger partial charge in [0.2, 0.25) is 0 Å². The van der Waals surface area contributed by atoms with Crippen molar-refractivity contribution >= 4 is 64.6 Å². The average Bonchev–Trinajstić information content (AvgIpc) is 3.94. The summed E-state index contributed by atoms with van der Waals surface area (Å²) in [5.74, 6) is -0.853. The Labute approximate surface area is 374 Å². The van der Waals surface area contributed by atoms with Crippen LogP contribution in [0.4, 0.5) is 0 Å². The van der Waals surface area contributed by atoms with Gasteiger partial charge in [-0.2, -0.15) is 11.4 Å². The predicted molar refractivity (Wildman–Crippen MR) is 241 cm³/mol. The van der Waals surface area contributed by atoms with Gasteiger partial charge in [-0.3, -0.25) is 14.4 Å². The van der Waals surface area contributed by atoms with E-state index in [4.69, 9.17) is 29.7 Å². The average molecular weight is 827 g/mol. The molecule has 0 unspecified atom stereocenters. The molecule has 0 radical (unpaired) electrons. The molecule has 0 aromatic carbocycles. The van der Waals surface area contributed by atoms with E-state index in [1.165, 1.54) is 39.2 Å². The topological polar surface area (TPSA) is 126 Å². The van der Waals surface area contributed by atoms with Gasteiger partial charge in [-0.25, -0.2) is 0 Å². The summed E-state index contributed by atoms with van der Waals surface area (Å²) in [4.78, 5) is 56.6. The third kappa shape index (κ3) is 9.80. The fourth-order valence-electron chi connectivity index (χ4n) is 9.57. The fourth-order valence-corrected chi connectivity index (χ4v) is 9.57. The number of aromatic nitrogens is 3. The number of fused-ring (bicyclic) bond motifs is 7. The zero-order chi connectivity index (χ0) is 42.7. The molecule has 3 aliphatic rings. The number of nitrogens with zero attached hydrogens (tertiary/aromatic N) is 4. The van der Waals surface area contributed by atoms with Gasteiger partial charge in [0, 0.05) is 12.0 Å². The maximum atomic E-state index is 14.3. The Kier molecular flexibility index (Phi) is 16.1. The summed E-state index contributed by atoms with van der Waals surface area (Å²) in [5, 5.41) is 6.93. The minimum Gasteiger partial charge on any atom is -0.664 e. The molecule has 8 bridgehead atoms. The predicted octanol–water partition coefficient (Wildman–Crippen LogP) is 8.56. The summed E-state index contributed by atoms with van der Waals surface area (Å²) >= 11 is 0. The summed E-state index contributed by atoms with van der Waals surface area (Å²) in [7, 11) is 1.31. The van der Waals surface area contributed by atoms with Crippen molar-refractivity contribution in [1.29, 1.82) is 0 Å². The summed E-state index contributed by atoms with van der Waals surface area (Å²) in [6.45, 7) is 22.0. The van der Waals surface area contributed by atoms with Gasteiger partial charge < -0.3 is 29.7 Å². The molecule has 1 fully saturated rings. The van der Waals surface area contributed by atoms with E-state index in [9.17, 15) is 14.4 Å². The van der Waals surface area contributed by atoms with Crippen LogP contribution < -0.4 is 25.7 Å². The van der Waals surface area contributed by atoms with Crippen molar-refractivity contribution in [2.45, 2.75) is 140 Å². The van der Waals surface area contributed by atoms with Gasteiger partial charge in [0.15, 0.2) is 5.78 Å². The number of carbonyl (C=O) groups is 3. The zero-order valence-corrected chi connectivity index (χ0v) is 39.6. The summed E-state index contributed by atoms with van der Waals surface area (Å²) in [6.07, 6.45) is 16.6. The SMILES string of the molecule is CCc1c2[n-]c(c1C)/C=C1\[N-]/C(=C3\c4[n-]c(c(C)c4C(=O)[C@@H]3C(=O)OC)/C=c3\[n-]/c(c(C)c3CC)=C\2)[C@@H](CCC(=O)OCC[C@@H](C)CCC[C@H](C)CCCC(C)C)[C@@H]1C.[Mg+2]. The minimum atomic E-state index is -1.20. The second-order valence-electron chi connectivity index (χ2n) is 18.0. The first kappa shape index (κ1) is 47.3. The number of hydrogen-bond acceptors (Lipinski definition) is 5. The molecule has 9 nitrogen and oxygen atoms in total. The number of allylic oxidation sites excluding steroid dienone is 2.